The lowest BCUT2D eigenvalue weighted by atomic mass is 9.81. The van der Waals surface area contributed by atoms with Gasteiger partial charge < -0.3 is 24.8 Å². The predicted molar refractivity (Wildman–Crippen MR) is 204 cm³/mol. The van der Waals surface area contributed by atoms with Gasteiger partial charge in [-0.2, -0.15) is 8.42 Å². The quantitative estimate of drug-likeness (QED) is 0.0720. The Kier molecular flexibility index (Phi) is 19.7. The van der Waals surface area contributed by atoms with Gasteiger partial charge >= 0.3 is 0 Å². The summed E-state index contributed by atoms with van der Waals surface area (Å²) in [5.74, 6) is -1.58. The lowest BCUT2D eigenvalue weighted by Crippen LogP contribution is -2.58. The Balaban J connectivity index is 1.82. The van der Waals surface area contributed by atoms with Crippen molar-refractivity contribution in [1.29, 1.82) is 0 Å². The molecule has 14 nitrogen and oxygen atoms in total. The highest BCUT2D eigenvalue weighted by Crippen LogP contribution is 2.30. The standard InChI is InChI=1S/C38H66N6O8S/c1-6-7-18-32(40-34(24-29-16-12-9-13-17-29)38(48)44-21-19-30(20-22-44)52-26-51-5)37(47)41-33(23-28-14-10-8-11-15-28)35(45)25-31(27(2)3)36(46)42-43-53(49,50)39-4/h9,12-13,16-17,27-28,30-35,39-40,43,45H,6-8,10-11,14-15,18-26H2,1-5H3,(H,41,47)(H,42,46)/t31-,32-,33-,34?,35-/m0/s1. The van der Waals surface area contributed by atoms with Gasteiger partial charge in [-0.25, -0.2) is 4.72 Å². The summed E-state index contributed by atoms with van der Waals surface area (Å²) in [6, 6.07) is 7.78. The molecule has 15 heteroatoms. The summed E-state index contributed by atoms with van der Waals surface area (Å²) < 4.78 is 36.7. The van der Waals surface area contributed by atoms with E-state index in [0.717, 1.165) is 50.5 Å². The first-order valence-corrected chi connectivity index (χ1v) is 21.0. The third-order valence-electron chi connectivity index (χ3n) is 10.6. The van der Waals surface area contributed by atoms with Crippen molar-refractivity contribution in [3.05, 3.63) is 35.9 Å². The van der Waals surface area contributed by atoms with Gasteiger partial charge in [-0.05, 0) is 55.9 Å². The minimum Gasteiger partial charge on any atom is -0.391 e. The number of carbonyl (C=O) groups is 3. The summed E-state index contributed by atoms with van der Waals surface area (Å²) in [7, 11) is -1.10. The number of aliphatic hydroxyl groups is 1. The van der Waals surface area contributed by atoms with Gasteiger partial charge in [0.25, 0.3) is 10.2 Å². The van der Waals surface area contributed by atoms with Crippen LogP contribution < -0.4 is 25.6 Å². The maximum absolute atomic E-state index is 14.3. The number of rotatable bonds is 23. The summed E-state index contributed by atoms with van der Waals surface area (Å²) in [5.41, 5.74) is 3.24. The van der Waals surface area contributed by atoms with Crippen LogP contribution in [0.5, 0.6) is 0 Å². The van der Waals surface area contributed by atoms with E-state index in [-0.39, 0.29) is 37.0 Å². The van der Waals surface area contributed by atoms with Gasteiger partial charge in [-0.15, -0.1) is 4.83 Å². The number of benzene rings is 1. The van der Waals surface area contributed by atoms with E-state index in [1.807, 2.05) is 53.9 Å². The van der Waals surface area contributed by atoms with E-state index in [9.17, 15) is 27.9 Å². The monoisotopic (exact) mass is 766 g/mol. The van der Waals surface area contributed by atoms with Crippen molar-refractivity contribution in [2.24, 2.45) is 17.8 Å². The number of piperidine rings is 1. The molecule has 1 heterocycles. The van der Waals surface area contributed by atoms with Gasteiger partial charge in [-0.3, -0.25) is 25.1 Å². The lowest BCUT2D eigenvalue weighted by molar-refractivity contribution is -0.139. The molecule has 2 aliphatic rings. The Bertz CT molecular complexity index is 1340. The molecule has 53 heavy (non-hydrogen) atoms. The SMILES string of the molecule is CCCC[C@H](NC(Cc1ccccc1)C(=O)N1CCC(OCOC)CC1)C(=O)N[C@@H](CC1CCCCC1)[C@@H](O)C[C@H](C(=O)NNS(=O)(=O)NC)C(C)C. The number of hydrogen-bond donors (Lipinski definition) is 6. The fraction of sp³-hybridized carbons (Fsp3) is 0.763. The Hall–Kier alpha value is -2.66. The average Bonchev–Trinajstić information content (AvgIpc) is 3.16. The molecule has 1 saturated heterocycles. The fourth-order valence-electron chi connectivity index (χ4n) is 7.38. The number of hydrogen-bond acceptors (Lipinski definition) is 9. The second-order valence-corrected chi connectivity index (χ2v) is 16.6. The van der Waals surface area contributed by atoms with Crippen LogP contribution in [0.2, 0.25) is 0 Å². The van der Waals surface area contributed by atoms with E-state index in [4.69, 9.17) is 9.47 Å². The number of hydrazine groups is 1. The number of amides is 3. The van der Waals surface area contributed by atoms with E-state index in [0.29, 0.717) is 51.1 Å². The molecule has 1 aromatic rings. The predicted octanol–water partition coefficient (Wildman–Crippen LogP) is 2.92. The van der Waals surface area contributed by atoms with E-state index in [1.165, 1.54) is 7.05 Å². The first-order chi connectivity index (χ1) is 25.4. The molecular weight excluding hydrogens is 701 g/mol. The van der Waals surface area contributed by atoms with Crippen molar-refractivity contribution < 1.29 is 37.4 Å². The normalized spacial score (nSPS) is 19.0. The van der Waals surface area contributed by atoms with Crippen molar-refractivity contribution in [1.82, 2.24) is 30.5 Å². The molecule has 3 amide bonds. The zero-order valence-electron chi connectivity index (χ0n) is 32.5. The highest BCUT2D eigenvalue weighted by atomic mass is 32.2. The molecule has 5 atom stereocenters. The highest BCUT2D eigenvalue weighted by molar-refractivity contribution is 7.87. The third kappa shape index (κ3) is 15.5. The summed E-state index contributed by atoms with van der Waals surface area (Å²) in [6.45, 7) is 7.03. The molecule has 6 N–H and O–H groups in total. The second kappa shape index (κ2) is 23.3. The molecule has 0 radical (unpaired) electrons. The first-order valence-electron chi connectivity index (χ1n) is 19.5. The molecule has 1 aromatic carbocycles. The van der Waals surface area contributed by atoms with Crippen molar-refractivity contribution in [2.45, 2.75) is 135 Å². The van der Waals surface area contributed by atoms with Gasteiger partial charge in [0.2, 0.25) is 17.7 Å². The van der Waals surface area contributed by atoms with Crippen LogP contribution in [0, 0.1) is 17.8 Å². The Morgan fingerprint density at radius 1 is 0.981 bits per heavy atom. The minimum absolute atomic E-state index is 0.0224. The molecule has 0 bridgehead atoms. The maximum atomic E-state index is 14.3. The van der Waals surface area contributed by atoms with E-state index in [1.54, 1.807) is 7.11 Å². The van der Waals surface area contributed by atoms with Crippen LogP contribution in [0.4, 0.5) is 0 Å². The zero-order chi connectivity index (χ0) is 38.8. The maximum Gasteiger partial charge on any atom is 0.293 e. The number of ether oxygens (including phenoxy) is 2. The number of likely N-dealkylation sites (tertiary alicyclic amines) is 1. The lowest BCUT2D eigenvalue weighted by Gasteiger charge is -2.36. The Morgan fingerprint density at radius 3 is 2.26 bits per heavy atom. The van der Waals surface area contributed by atoms with Crippen molar-refractivity contribution >= 4 is 27.9 Å². The van der Waals surface area contributed by atoms with E-state index >= 15 is 0 Å². The molecule has 1 unspecified atom stereocenters. The van der Waals surface area contributed by atoms with Gasteiger partial charge in [-0.1, -0.05) is 96.0 Å². The van der Waals surface area contributed by atoms with Crippen molar-refractivity contribution in [3.63, 3.8) is 0 Å². The number of unbranched alkanes of at least 4 members (excludes halogenated alkanes) is 1. The highest BCUT2D eigenvalue weighted by Gasteiger charge is 2.36. The third-order valence-corrected chi connectivity index (χ3v) is 11.5. The summed E-state index contributed by atoms with van der Waals surface area (Å²) >= 11 is 0. The van der Waals surface area contributed by atoms with Gasteiger partial charge in [0.05, 0.1) is 30.3 Å². The van der Waals surface area contributed by atoms with Gasteiger partial charge in [0.15, 0.2) is 0 Å². The molecule has 302 valence electrons. The molecule has 1 aliphatic carbocycles. The molecule has 1 aliphatic heterocycles. The average molecular weight is 767 g/mol. The van der Waals surface area contributed by atoms with Crippen molar-refractivity contribution in [2.75, 3.05) is 34.0 Å². The molecule has 3 rings (SSSR count). The summed E-state index contributed by atoms with van der Waals surface area (Å²) in [4.78, 5) is 45.5. The zero-order valence-corrected chi connectivity index (χ0v) is 33.3. The van der Waals surface area contributed by atoms with Crippen LogP contribution in [0.25, 0.3) is 0 Å². The van der Waals surface area contributed by atoms with E-state index < -0.39 is 46.3 Å². The van der Waals surface area contributed by atoms with Crippen LogP contribution in [-0.4, -0.2) is 101 Å². The topological polar surface area (TPSA) is 187 Å². The second-order valence-electron chi connectivity index (χ2n) is 15.0. The number of aliphatic hydroxyl groups excluding tert-OH is 1. The van der Waals surface area contributed by atoms with Crippen LogP contribution >= 0.6 is 0 Å². The smallest absolute Gasteiger partial charge is 0.293 e. The van der Waals surface area contributed by atoms with Crippen LogP contribution in [-0.2, 0) is 40.5 Å². The minimum atomic E-state index is -3.92. The largest absolute Gasteiger partial charge is 0.391 e. The summed E-state index contributed by atoms with van der Waals surface area (Å²) in [6.07, 6.45) is 8.77. The van der Waals surface area contributed by atoms with E-state index in [2.05, 4.69) is 27.7 Å². The Morgan fingerprint density at radius 2 is 1.66 bits per heavy atom. The van der Waals surface area contributed by atoms with Gasteiger partial charge in [0.1, 0.15) is 6.79 Å². The number of methoxy groups -OCH3 is 1. The summed E-state index contributed by atoms with van der Waals surface area (Å²) in [5, 5.41) is 18.4. The van der Waals surface area contributed by atoms with Crippen LogP contribution in [0.15, 0.2) is 30.3 Å². The molecular formula is C38H66N6O8S. The molecule has 2 fully saturated rings. The van der Waals surface area contributed by atoms with Gasteiger partial charge in [0, 0.05) is 33.2 Å². The Labute approximate surface area is 317 Å². The number of nitrogens with zero attached hydrogens (tertiary/aromatic N) is 1. The molecule has 1 saturated carbocycles. The number of nitrogens with one attached hydrogen (secondary N) is 5. The van der Waals surface area contributed by atoms with Crippen LogP contribution in [0.3, 0.4) is 0 Å². The fourth-order valence-corrected chi connectivity index (χ4v) is 7.72. The van der Waals surface area contributed by atoms with Crippen LogP contribution in [0.1, 0.15) is 103 Å². The van der Waals surface area contributed by atoms with Crippen molar-refractivity contribution in [3.8, 4) is 0 Å². The molecule has 0 aromatic heterocycles. The first kappa shape index (κ1) is 44.7. The number of carbonyl (C=O) groups excluding carboxylic acids is 3. The molecule has 0 spiro atoms.